The molecule has 2 atom stereocenters. The highest BCUT2D eigenvalue weighted by Gasteiger charge is 2.54. The second kappa shape index (κ2) is 17.7. The standard InChI is InChI=1S/C77H63N3/c1-75(2,3)53-34-40-56(41-35-53)80(55-38-32-52(33-39-55)50-22-12-9-13-23-50)70-48-68-71(72-63-26-16-19-29-69(63)78(7)74(70)72)62-45-43-58(47-67(62)77(68)65-27-17-14-24-59(65)60-25-15-18-28-66(60)77)79(57-42-44-61-64(46-57)73(61)76(4,5)6)54-36-30-51(31-37-54)49-20-10-8-11-21-49/h8-14,16,18-24,26,28-48,61H,15,25H2,1-7H3. The maximum absolute atomic E-state index is 3.90. The summed E-state index contributed by atoms with van der Waals surface area (Å²) in [5, 5.41) is 2.51. The van der Waals surface area contributed by atoms with Gasteiger partial charge in [0.25, 0.3) is 0 Å². The minimum absolute atomic E-state index is 0.00527. The monoisotopic (exact) mass is 1030 g/mol. The van der Waals surface area contributed by atoms with Gasteiger partial charge in [0.05, 0.1) is 16.6 Å². The number of para-hydroxylation sites is 1. The predicted octanol–water partition coefficient (Wildman–Crippen LogP) is 20.0. The Morgan fingerprint density at radius 1 is 0.575 bits per heavy atom. The van der Waals surface area contributed by atoms with Gasteiger partial charge in [0.2, 0.25) is 0 Å². The van der Waals surface area contributed by atoms with Crippen LogP contribution in [-0.2, 0) is 17.9 Å². The molecule has 0 fully saturated rings. The van der Waals surface area contributed by atoms with Crippen molar-refractivity contribution >= 4 is 55.8 Å². The molecular formula is C77H63N3. The summed E-state index contributed by atoms with van der Waals surface area (Å²) < 4.78 is 2.45. The summed E-state index contributed by atoms with van der Waals surface area (Å²) in [5.41, 5.74) is 28.0. The summed E-state index contributed by atoms with van der Waals surface area (Å²) in [5.74, 6) is 0.402. The summed E-state index contributed by atoms with van der Waals surface area (Å²) >= 11 is 0. The normalized spacial score (nSPS) is 17.5. The van der Waals surface area contributed by atoms with Gasteiger partial charge in [-0.3, -0.25) is 0 Å². The zero-order valence-corrected chi connectivity index (χ0v) is 46.7. The third kappa shape index (κ3) is 7.21. The molecule has 0 radical (unpaired) electrons. The molecule has 3 heteroatoms. The molecule has 1 spiro atoms. The van der Waals surface area contributed by atoms with Crippen LogP contribution in [0.25, 0.3) is 60.8 Å². The third-order valence-corrected chi connectivity index (χ3v) is 18.0. The fourth-order valence-corrected chi connectivity index (χ4v) is 14.3. The van der Waals surface area contributed by atoms with Crippen LogP contribution in [0.4, 0.5) is 28.4 Å². The number of benzene rings is 8. The van der Waals surface area contributed by atoms with Crippen LogP contribution >= 0.6 is 0 Å². The molecule has 3 nitrogen and oxygen atoms in total. The average Bonchev–Trinajstić information content (AvgIpc) is 4.17. The van der Waals surface area contributed by atoms with E-state index in [1.165, 1.54) is 111 Å². The van der Waals surface area contributed by atoms with Gasteiger partial charge < -0.3 is 14.4 Å². The van der Waals surface area contributed by atoms with Gasteiger partial charge in [0.15, 0.2) is 0 Å². The number of nitrogens with zero attached hydrogens (tertiary/aromatic N) is 3. The van der Waals surface area contributed by atoms with Gasteiger partial charge in [0, 0.05) is 63.3 Å². The van der Waals surface area contributed by atoms with Crippen molar-refractivity contribution in [1.82, 2.24) is 4.57 Å². The van der Waals surface area contributed by atoms with Gasteiger partial charge in [-0.15, -0.1) is 0 Å². The molecule has 5 aliphatic rings. The van der Waals surface area contributed by atoms with Gasteiger partial charge in [-0.2, -0.15) is 0 Å². The van der Waals surface area contributed by atoms with Crippen LogP contribution < -0.4 is 9.80 Å². The Kier molecular flexibility index (Phi) is 10.6. The van der Waals surface area contributed by atoms with Crippen molar-refractivity contribution in [1.29, 1.82) is 0 Å². The van der Waals surface area contributed by atoms with E-state index in [0.29, 0.717) is 5.92 Å². The molecule has 0 saturated carbocycles. The fourth-order valence-electron chi connectivity index (χ4n) is 14.3. The molecule has 10 aromatic rings. The molecule has 2 unspecified atom stereocenters. The smallest absolute Gasteiger partial charge is 0.0803 e. The van der Waals surface area contributed by atoms with Crippen molar-refractivity contribution < 1.29 is 0 Å². The van der Waals surface area contributed by atoms with Gasteiger partial charge in [0.1, 0.15) is 0 Å². The Hall–Kier alpha value is -9.10. The largest absolute Gasteiger partial charge is 0.342 e. The van der Waals surface area contributed by atoms with E-state index in [-0.39, 0.29) is 10.8 Å². The van der Waals surface area contributed by atoms with E-state index in [4.69, 9.17) is 0 Å². The molecular weight excluding hydrogens is 967 g/mol. The van der Waals surface area contributed by atoms with E-state index < -0.39 is 5.41 Å². The topological polar surface area (TPSA) is 11.4 Å². The number of aromatic nitrogens is 1. The minimum atomic E-state index is -0.706. The second-order valence-corrected chi connectivity index (χ2v) is 24.6. The van der Waals surface area contributed by atoms with Gasteiger partial charge in [-0.25, -0.2) is 0 Å². The zero-order chi connectivity index (χ0) is 54.2. The lowest BCUT2D eigenvalue weighted by Crippen LogP contribution is -2.28. The van der Waals surface area contributed by atoms with E-state index in [0.717, 1.165) is 41.3 Å². The first-order chi connectivity index (χ1) is 38.9. The third-order valence-electron chi connectivity index (χ3n) is 18.0. The van der Waals surface area contributed by atoms with Crippen molar-refractivity contribution in [2.24, 2.45) is 18.4 Å². The Morgan fingerprint density at radius 3 is 1.85 bits per heavy atom. The number of hydrogen-bond acceptors (Lipinski definition) is 2. The second-order valence-electron chi connectivity index (χ2n) is 24.6. The molecule has 1 aromatic heterocycles. The van der Waals surface area contributed by atoms with Gasteiger partial charge in [-0.1, -0.05) is 193 Å². The van der Waals surface area contributed by atoms with Crippen LogP contribution in [0.2, 0.25) is 0 Å². The molecule has 0 bridgehead atoms. The van der Waals surface area contributed by atoms with Gasteiger partial charge >= 0.3 is 0 Å². The van der Waals surface area contributed by atoms with E-state index >= 15 is 0 Å². The lowest BCUT2D eigenvalue weighted by Gasteiger charge is -2.34. The summed E-state index contributed by atoms with van der Waals surface area (Å²) in [6, 6.07) is 80.1. The van der Waals surface area contributed by atoms with Crippen molar-refractivity contribution in [3.05, 3.63) is 287 Å². The molecule has 15 rings (SSSR count). The molecule has 0 N–H and O–H groups in total. The maximum Gasteiger partial charge on any atom is 0.0803 e. The Labute approximate surface area is 471 Å². The SMILES string of the molecule is Cn1c2ccccc2c2c3c(cc(N(c4ccc(-c5ccccc5)cc4)c4ccc(C(C)(C)C)cc4)c21)C1(C2=C(CCC=C2)c2ccc#cc21)c1cc(N(C2=CC4=C(C(C)(C)C)C4C=C2)c2ccc(-c4ccccc4)cc2)ccc1-3. The Bertz CT molecular complexity index is 4340. The lowest BCUT2D eigenvalue weighted by atomic mass is 9.69. The molecule has 9 aromatic carbocycles. The van der Waals surface area contributed by atoms with E-state index in [1.54, 1.807) is 0 Å². The number of fused-ring (bicyclic) bond motifs is 14. The van der Waals surface area contributed by atoms with Crippen LogP contribution in [0.1, 0.15) is 82.2 Å². The van der Waals surface area contributed by atoms with Gasteiger partial charge in [-0.05, 0) is 187 Å². The summed E-state index contributed by atoms with van der Waals surface area (Å²) in [4.78, 5) is 5.04. The first-order valence-electron chi connectivity index (χ1n) is 28.6. The maximum atomic E-state index is 3.90. The molecule has 0 aliphatic heterocycles. The predicted molar refractivity (Wildman–Crippen MR) is 335 cm³/mol. The molecule has 0 amide bonds. The summed E-state index contributed by atoms with van der Waals surface area (Å²) in [6.45, 7) is 14.0. The Balaban J connectivity index is 1.02. The molecule has 1 heterocycles. The first kappa shape index (κ1) is 48.1. The van der Waals surface area contributed by atoms with E-state index in [2.05, 4.69) is 300 Å². The lowest BCUT2D eigenvalue weighted by molar-refractivity contribution is 0.509. The van der Waals surface area contributed by atoms with E-state index in [1.807, 2.05) is 0 Å². The Morgan fingerprint density at radius 2 is 1.19 bits per heavy atom. The highest BCUT2D eigenvalue weighted by molar-refractivity contribution is 6.22. The minimum Gasteiger partial charge on any atom is -0.342 e. The number of rotatable bonds is 8. The van der Waals surface area contributed by atoms with Crippen LogP contribution in [0, 0.1) is 23.5 Å². The highest BCUT2D eigenvalue weighted by atomic mass is 15.2. The molecule has 80 heavy (non-hydrogen) atoms. The van der Waals surface area contributed by atoms with Crippen LogP contribution in [0.3, 0.4) is 0 Å². The van der Waals surface area contributed by atoms with Crippen LogP contribution in [0.5, 0.6) is 0 Å². The average molecular weight is 1030 g/mol. The number of allylic oxidation sites excluding steroid dienone is 9. The molecule has 0 saturated heterocycles. The summed E-state index contributed by atoms with van der Waals surface area (Å²) in [7, 11) is 2.27. The first-order valence-corrected chi connectivity index (χ1v) is 28.6. The van der Waals surface area contributed by atoms with E-state index in [9.17, 15) is 0 Å². The van der Waals surface area contributed by atoms with Crippen molar-refractivity contribution in [3.8, 4) is 33.4 Å². The summed E-state index contributed by atoms with van der Waals surface area (Å²) in [6.07, 6.45) is 14.1. The quantitative estimate of drug-likeness (QED) is 0.150. The molecule has 386 valence electrons. The number of anilines is 5. The number of aryl methyl sites for hydroxylation is 1. The molecule has 5 aliphatic carbocycles. The van der Waals surface area contributed by atoms with Crippen LogP contribution in [0.15, 0.2) is 247 Å². The fraction of sp³-hybridized carbons (Fsp3) is 0.169. The van der Waals surface area contributed by atoms with Crippen LogP contribution in [-0.4, -0.2) is 4.57 Å². The highest BCUT2D eigenvalue weighted by Crippen LogP contribution is 2.66. The van der Waals surface area contributed by atoms with Crippen molar-refractivity contribution in [2.75, 3.05) is 9.80 Å². The zero-order valence-electron chi connectivity index (χ0n) is 46.7. The van der Waals surface area contributed by atoms with Crippen molar-refractivity contribution in [2.45, 2.75) is 65.2 Å². The van der Waals surface area contributed by atoms with Crippen molar-refractivity contribution in [3.63, 3.8) is 0 Å². The number of hydrogen-bond donors (Lipinski definition) is 0.